The Kier molecular flexibility index (Phi) is 6.46. The van der Waals surface area contributed by atoms with E-state index < -0.39 is 5.41 Å². The van der Waals surface area contributed by atoms with Gasteiger partial charge in [-0.25, -0.2) is 9.97 Å². The highest BCUT2D eigenvalue weighted by Gasteiger charge is 2.46. The molecule has 1 unspecified atom stereocenters. The van der Waals surface area contributed by atoms with E-state index in [-0.39, 0.29) is 0 Å². The van der Waals surface area contributed by atoms with Gasteiger partial charge < -0.3 is 0 Å². The summed E-state index contributed by atoms with van der Waals surface area (Å²) < 4.78 is 0. The highest BCUT2D eigenvalue weighted by molar-refractivity contribution is 5.89. The molecule has 0 spiro atoms. The van der Waals surface area contributed by atoms with Crippen molar-refractivity contribution >= 4 is 0 Å². The lowest BCUT2D eigenvalue weighted by Gasteiger charge is -2.34. The van der Waals surface area contributed by atoms with Gasteiger partial charge in [0.1, 0.15) is 5.82 Å². The quantitative estimate of drug-likeness (QED) is 0.204. The predicted octanol–water partition coefficient (Wildman–Crippen LogP) is 9.85. The molecular weight excluding hydrogens is 546 g/mol. The average molecular weight is 578 g/mol. The molecule has 0 aliphatic heterocycles. The van der Waals surface area contributed by atoms with Crippen molar-refractivity contribution in [2.24, 2.45) is 0 Å². The molecule has 45 heavy (non-hydrogen) atoms. The maximum atomic E-state index is 4.90. The van der Waals surface area contributed by atoms with Crippen LogP contribution < -0.4 is 0 Å². The van der Waals surface area contributed by atoms with Gasteiger partial charge in [-0.2, -0.15) is 0 Å². The summed E-state index contributed by atoms with van der Waals surface area (Å²) in [5.74, 6) is 0.758. The lowest BCUT2D eigenvalue weighted by molar-refractivity contribution is 0.769. The highest BCUT2D eigenvalue weighted by atomic mass is 14.9. The van der Waals surface area contributed by atoms with E-state index in [1.807, 2.05) is 37.5 Å². The van der Waals surface area contributed by atoms with Gasteiger partial charge in [-0.3, -0.25) is 4.98 Å². The van der Waals surface area contributed by atoms with Crippen LogP contribution in [-0.2, 0) is 5.41 Å². The summed E-state index contributed by atoms with van der Waals surface area (Å²) in [6, 6.07) is 50.2. The molecule has 0 bridgehead atoms. The van der Waals surface area contributed by atoms with Crippen LogP contribution in [0.3, 0.4) is 0 Å². The van der Waals surface area contributed by atoms with Crippen molar-refractivity contribution in [3.05, 3.63) is 186 Å². The van der Waals surface area contributed by atoms with Gasteiger partial charge in [0.25, 0.3) is 0 Å². The number of nitrogens with zero attached hydrogens (tertiary/aromatic N) is 3. The number of aryl methyl sites for hydroxylation is 2. The van der Waals surface area contributed by atoms with Crippen molar-refractivity contribution in [3.63, 3.8) is 0 Å². The largest absolute Gasteiger partial charge is 0.264 e. The lowest BCUT2D eigenvalue weighted by atomic mass is 9.67. The minimum atomic E-state index is -0.491. The molecule has 7 aromatic rings. The van der Waals surface area contributed by atoms with Crippen LogP contribution in [-0.4, -0.2) is 15.0 Å². The average Bonchev–Trinajstić information content (AvgIpc) is 3.39. The Balaban J connectivity index is 1.37. The summed E-state index contributed by atoms with van der Waals surface area (Å²) >= 11 is 0. The third-order valence-electron chi connectivity index (χ3n) is 9.10. The summed E-state index contributed by atoms with van der Waals surface area (Å²) in [5, 5.41) is 0. The first-order chi connectivity index (χ1) is 22.1. The van der Waals surface area contributed by atoms with E-state index in [4.69, 9.17) is 9.97 Å². The summed E-state index contributed by atoms with van der Waals surface area (Å²) in [5.41, 5.74) is 14.6. The second-order valence-corrected chi connectivity index (χ2v) is 11.7. The van der Waals surface area contributed by atoms with E-state index in [0.717, 1.165) is 33.9 Å². The van der Waals surface area contributed by atoms with Gasteiger partial charge in [0.05, 0.1) is 16.8 Å². The molecule has 214 valence electrons. The fraction of sp³-hybridized carbons (Fsp3) is 0.0714. The third-order valence-corrected chi connectivity index (χ3v) is 9.10. The smallest absolute Gasteiger partial charge is 0.126 e. The molecule has 2 heterocycles. The third kappa shape index (κ3) is 4.39. The van der Waals surface area contributed by atoms with Crippen molar-refractivity contribution in [1.82, 2.24) is 15.0 Å². The van der Waals surface area contributed by atoms with Crippen molar-refractivity contribution in [2.75, 3.05) is 0 Å². The molecule has 5 aromatic carbocycles. The maximum Gasteiger partial charge on any atom is 0.126 e. The van der Waals surface area contributed by atoms with Crippen LogP contribution in [0.15, 0.2) is 152 Å². The molecular formula is C42H31N3. The summed E-state index contributed by atoms with van der Waals surface area (Å²) in [4.78, 5) is 14.1. The number of fused-ring (bicyclic) bond motifs is 3. The molecule has 0 amide bonds. The lowest BCUT2D eigenvalue weighted by Crippen LogP contribution is -2.28. The van der Waals surface area contributed by atoms with Crippen LogP contribution in [0.4, 0.5) is 0 Å². The number of pyridine rings is 1. The first-order valence-electron chi connectivity index (χ1n) is 15.4. The second-order valence-electron chi connectivity index (χ2n) is 11.7. The molecule has 1 aliphatic carbocycles. The van der Waals surface area contributed by atoms with Gasteiger partial charge in [-0.05, 0) is 82.6 Å². The number of hydrogen-bond acceptors (Lipinski definition) is 3. The Morgan fingerprint density at radius 3 is 1.93 bits per heavy atom. The molecule has 8 rings (SSSR count). The normalized spacial score (nSPS) is 15.0. The van der Waals surface area contributed by atoms with E-state index in [1.54, 1.807) is 0 Å². The Bertz CT molecular complexity index is 2190. The zero-order valence-electron chi connectivity index (χ0n) is 25.3. The predicted molar refractivity (Wildman–Crippen MR) is 183 cm³/mol. The van der Waals surface area contributed by atoms with Crippen LogP contribution in [0, 0.1) is 13.8 Å². The van der Waals surface area contributed by atoms with E-state index in [9.17, 15) is 0 Å². The van der Waals surface area contributed by atoms with Crippen LogP contribution >= 0.6 is 0 Å². The SMILES string of the molecule is Cc1nc(-c2ccccc2)cc(-c2ccc3c(c2)-c2ccccc2C3(c2ccccc2)c2cccc(-c3cnccc3C)c2)n1. The number of hydrogen-bond donors (Lipinski definition) is 0. The van der Waals surface area contributed by atoms with Crippen molar-refractivity contribution < 1.29 is 0 Å². The second kappa shape index (κ2) is 10.8. The monoisotopic (exact) mass is 577 g/mol. The Labute approximate surface area is 264 Å². The van der Waals surface area contributed by atoms with Crippen LogP contribution in [0.25, 0.3) is 44.8 Å². The molecule has 1 atom stereocenters. The van der Waals surface area contributed by atoms with Gasteiger partial charge in [-0.1, -0.05) is 115 Å². The number of rotatable bonds is 5. The Hall–Kier alpha value is -5.67. The fourth-order valence-corrected chi connectivity index (χ4v) is 7.08. The van der Waals surface area contributed by atoms with Crippen LogP contribution in [0.1, 0.15) is 33.6 Å². The van der Waals surface area contributed by atoms with Gasteiger partial charge >= 0.3 is 0 Å². The van der Waals surface area contributed by atoms with E-state index in [2.05, 4.69) is 133 Å². The number of benzene rings is 5. The topological polar surface area (TPSA) is 38.7 Å². The summed E-state index contributed by atoms with van der Waals surface area (Å²) in [6.45, 7) is 4.12. The fourth-order valence-electron chi connectivity index (χ4n) is 7.08. The minimum Gasteiger partial charge on any atom is -0.264 e. The first kappa shape index (κ1) is 26.9. The number of aromatic nitrogens is 3. The first-order valence-corrected chi connectivity index (χ1v) is 15.4. The molecule has 1 aliphatic rings. The zero-order chi connectivity index (χ0) is 30.4. The van der Waals surface area contributed by atoms with Crippen LogP contribution in [0.5, 0.6) is 0 Å². The van der Waals surface area contributed by atoms with Gasteiger partial charge in [-0.15, -0.1) is 0 Å². The molecule has 0 saturated carbocycles. The van der Waals surface area contributed by atoms with E-state index in [1.165, 1.54) is 44.5 Å². The van der Waals surface area contributed by atoms with E-state index in [0.29, 0.717) is 0 Å². The molecule has 0 N–H and O–H groups in total. The molecule has 0 saturated heterocycles. The maximum absolute atomic E-state index is 4.90. The minimum absolute atomic E-state index is 0.491. The van der Waals surface area contributed by atoms with Crippen molar-refractivity contribution in [1.29, 1.82) is 0 Å². The summed E-state index contributed by atoms with van der Waals surface area (Å²) in [7, 11) is 0. The zero-order valence-corrected chi connectivity index (χ0v) is 25.3. The standard InChI is InChI=1S/C42H31N3/c1-28-22-23-43-27-37(28)31-14-11-17-34(24-31)42(33-15-7-4-8-16-33)38-19-10-9-18-35(38)36-25-32(20-21-39(36)42)41-26-40(44-29(2)45-41)30-12-5-3-6-13-30/h3-27H,1-2H3. The molecule has 2 aromatic heterocycles. The Morgan fingerprint density at radius 1 is 0.467 bits per heavy atom. The van der Waals surface area contributed by atoms with Gasteiger partial charge in [0.2, 0.25) is 0 Å². The Morgan fingerprint density at radius 2 is 1.13 bits per heavy atom. The summed E-state index contributed by atoms with van der Waals surface area (Å²) in [6.07, 6.45) is 3.83. The van der Waals surface area contributed by atoms with Crippen molar-refractivity contribution in [3.8, 4) is 44.8 Å². The molecule has 3 nitrogen and oxygen atoms in total. The van der Waals surface area contributed by atoms with Crippen molar-refractivity contribution in [2.45, 2.75) is 19.3 Å². The van der Waals surface area contributed by atoms with Gasteiger partial charge in [0.15, 0.2) is 0 Å². The van der Waals surface area contributed by atoms with Crippen LogP contribution in [0.2, 0.25) is 0 Å². The highest BCUT2D eigenvalue weighted by Crippen LogP contribution is 2.57. The molecule has 0 radical (unpaired) electrons. The van der Waals surface area contributed by atoms with E-state index >= 15 is 0 Å². The van der Waals surface area contributed by atoms with Gasteiger partial charge in [0, 0.05) is 29.1 Å². The molecule has 3 heteroatoms. The molecule has 0 fully saturated rings.